The van der Waals surface area contributed by atoms with E-state index < -0.39 is 0 Å². The Morgan fingerprint density at radius 1 is 1.14 bits per heavy atom. The molecular formula is C23H26N2O4. The van der Waals surface area contributed by atoms with Crippen molar-refractivity contribution in [2.45, 2.75) is 32.2 Å². The molecule has 0 spiro atoms. The molecule has 1 saturated heterocycles. The number of aryl methyl sites for hydroxylation is 1. The van der Waals surface area contributed by atoms with Crippen molar-refractivity contribution in [3.63, 3.8) is 0 Å². The van der Waals surface area contributed by atoms with Gasteiger partial charge in [0.1, 0.15) is 12.4 Å². The lowest BCUT2D eigenvalue weighted by Gasteiger charge is -2.23. The molecule has 0 bridgehead atoms. The first-order chi connectivity index (χ1) is 14.1. The molecule has 4 rings (SSSR count). The lowest BCUT2D eigenvalue weighted by molar-refractivity contribution is 0.0696. The maximum Gasteiger partial charge on any atom is 0.255 e. The molecule has 2 aliphatic rings. The van der Waals surface area contributed by atoms with Crippen LogP contribution >= 0.6 is 0 Å². The van der Waals surface area contributed by atoms with Crippen molar-refractivity contribution in [2.75, 3.05) is 26.4 Å². The average molecular weight is 394 g/mol. The highest BCUT2D eigenvalue weighted by molar-refractivity contribution is 5.97. The molecular weight excluding hydrogens is 368 g/mol. The molecule has 0 unspecified atom stereocenters. The minimum atomic E-state index is -0.0983. The van der Waals surface area contributed by atoms with E-state index in [-0.39, 0.29) is 17.9 Å². The highest BCUT2D eigenvalue weighted by atomic mass is 16.5. The van der Waals surface area contributed by atoms with E-state index in [1.807, 2.05) is 43.3 Å². The molecule has 1 fully saturated rings. The fourth-order valence-corrected chi connectivity index (χ4v) is 3.74. The van der Waals surface area contributed by atoms with Crippen LogP contribution in [0.4, 0.5) is 0 Å². The predicted octanol–water partition coefficient (Wildman–Crippen LogP) is 2.62. The Hall–Kier alpha value is -2.86. The molecule has 6 heteroatoms. The minimum Gasteiger partial charge on any atom is -0.491 e. The van der Waals surface area contributed by atoms with Gasteiger partial charge in [-0.25, -0.2) is 0 Å². The number of benzene rings is 2. The molecule has 0 saturated carbocycles. The summed E-state index contributed by atoms with van der Waals surface area (Å²) in [5.41, 5.74) is 4.48. The molecule has 0 aromatic heterocycles. The third-order valence-electron chi connectivity index (χ3n) is 5.50. The summed E-state index contributed by atoms with van der Waals surface area (Å²) in [6.07, 6.45) is 2.41. The van der Waals surface area contributed by atoms with E-state index in [1.54, 1.807) is 0 Å². The summed E-state index contributed by atoms with van der Waals surface area (Å²) < 4.78 is 11.0. The predicted molar refractivity (Wildman–Crippen MR) is 110 cm³/mol. The van der Waals surface area contributed by atoms with Gasteiger partial charge in [-0.3, -0.25) is 9.59 Å². The minimum absolute atomic E-state index is 0.0431. The van der Waals surface area contributed by atoms with E-state index in [9.17, 15) is 9.59 Å². The Labute approximate surface area is 170 Å². The first kappa shape index (κ1) is 19.5. The number of nitrogens with one attached hydrogen (secondary N) is 2. The molecule has 0 radical (unpaired) electrons. The fourth-order valence-electron chi connectivity index (χ4n) is 3.74. The molecule has 152 valence electrons. The lowest BCUT2D eigenvalue weighted by Crippen LogP contribution is -2.38. The van der Waals surface area contributed by atoms with Crippen LogP contribution in [-0.4, -0.2) is 44.2 Å². The zero-order valence-corrected chi connectivity index (χ0v) is 16.6. The van der Waals surface area contributed by atoms with Crippen LogP contribution in [0.2, 0.25) is 0 Å². The van der Waals surface area contributed by atoms with Crippen LogP contribution in [0.1, 0.15) is 50.2 Å². The van der Waals surface area contributed by atoms with Crippen molar-refractivity contribution in [2.24, 2.45) is 0 Å². The maximum absolute atomic E-state index is 12.5. The monoisotopic (exact) mass is 394 g/mol. The van der Waals surface area contributed by atoms with Gasteiger partial charge in [0.2, 0.25) is 0 Å². The highest BCUT2D eigenvalue weighted by Gasteiger charge is 2.19. The largest absolute Gasteiger partial charge is 0.491 e. The van der Waals surface area contributed by atoms with E-state index in [2.05, 4.69) is 10.6 Å². The van der Waals surface area contributed by atoms with Gasteiger partial charge in [-0.1, -0.05) is 12.1 Å². The summed E-state index contributed by atoms with van der Waals surface area (Å²) in [4.78, 5) is 24.7. The van der Waals surface area contributed by atoms with Crippen molar-refractivity contribution >= 4 is 11.8 Å². The number of hydrogen-bond donors (Lipinski definition) is 2. The Morgan fingerprint density at radius 2 is 1.90 bits per heavy atom. The van der Waals surface area contributed by atoms with Crippen molar-refractivity contribution in [3.05, 3.63) is 64.2 Å². The van der Waals surface area contributed by atoms with Crippen LogP contribution in [0.3, 0.4) is 0 Å². The summed E-state index contributed by atoms with van der Waals surface area (Å²) in [6, 6.07) is 11.7. The molecule has 2 heterocycles. The van der Waals surface area contributed by atoms with Crippen LogP contribution in [0.25, 0.3) is 0 Å². The highest BCUT2D eigenvalue weighted by Crippen LogP contribution is 2.26. The molecule has 2 amide bonds. The van der Waals surface area contributed by atoms with Gasteiger partial charge in [-0.15, -0.1) is 0 Å². The van der Waals surface area contributed by atoms with E-state index >= 15 is 0 Å². The van der Waals surface area contributed by atoms with Gasteiger partial charge in [-0.2, -0.15) is 0 Å². The Bertz CT molecular complexity index is 902. The van der Waals surface area contributed by atoms with Gasteiger partial charge in [0.15, 0.2) is 0 Å². The quantitative estimate of drug-likeness (QED) is 0.836. The van der Waals surface area contributed by atoms with E-state index in [0.29, 0.717) is 49.7 Å². The number of rotatable bonds is 4. The number of ether oxygens (including phenoxy) is 2. The summed E-state index contributed by atoms with van der Waals surface area (Å²) in [7, 11) is 0. The zero-order chi connectivity index (χ0) is 20.2. The van der Waals surface area contributed by atoms with Crippen molar-refractivity contribution < 1.29 is 19.1 Å². The van der Waals surface area contributed by atoms with E-state index in [4.69, 9.17) is 9.47 Å². The smallest absolute Gasteiger partial charge is 0.255 e. The number of carbonyl (C=O) groups is 2. The standard InChI is InChI=1S/C23H26N2O4/c1-15-12-21-20(23(27)24-8-11-29-21)14-18(15)13-16-2-4-17(5-3-16)22(26)25-19-6-9-28-10-7-19/h2-5,12,14,19H,6-11,13H2,1H3,(H,24,27)(H,25,26). The van der Waals surface area contributed by atoms with E-state index in [0.717, 1.165) is 29.5 Å². The third-order valence-corrected chi connectivity index (χ3v) is 5.50. The second kappa shape index (κ2) is 8.66. The summed E-state index contributed by atoms with van der Waals surface area (Å²) in [5.74, 6) is 0.499. The Balaban J connectivity index is 1.46. The van der Waals surface area contributed by atoms with Gasteiger partial charge < -0.3 is 20.1 Å². The molecule has 6 nitrogen and oxygen atoms in total. The van der Waals surface area contributed by atoms with Crippen LogP contribution in [0.5, 0.6) is 5.75 Å². The Morgan fingerprint density at radius 3 is 2.66 bits per heavy atom. The molecule has 2 aromatic carbocycles. The molecule has 2 aliphatic heterocycles. The SMILES string of the molecule is Cc1cc2c(cc1Cc1ccc(C(=O)NC3CCOCC3)cc1)C(=O)NCCO2. The van der Waals surface area contributed by atoms with Crippen LogP contribution < -0.4 is 15.4 Å². The number of amides is 2. The van der Waals surface area contributed by atoms with Crippen molar-refractivity contribution in [1.82, 2.24) is 10.6 Å². The first-order valence-electron chi connectivity index (χ1n) is 10.1. The fraction of sp³-hybridized carbons (Fsp3) is 0.391. The van der Waals surface area contributed by atoms with Crippen LogP contribution in [0.15, 0.2) is 36.4 Å². The van der Waals surface area contributed by atoms with Gasteiger partial charge in [0.25, 0.3) is 11.8 Å². The molecule has 2 aromatic rings. The lowest BCUT2D eigenvalue weighted by atomic mass is 9.96. The first-order valence-corrected chi connectivity index (χ1v) is 10.1. The third kappa shape index (κ3) is 4.59. The van der Waals surface area contributed by atoms with Gasteiger partial charge >= 0.3 is 0 Å². The van der Waals surface area contributed by atoms with Gasteiger partial charge in [0, 0.05) is 24.8 Å². The second-order valence-electron chi connectivity index (χ2n) is 7.61. The van der Waals surface area contributed by atoms with Crippen LogP contribution in [-0.2, 0) is 11.2 Å². The molecule has 2 N–H and O–H groups in total. The molecule has 0 aliphatic carbocycles. The number of carbonyl (C=O) groups excluding carboxylic acids is 2. The van der Waals surface area contributed by atoms with Crippen molar-refractivity contribution in [1.29, 1.82) is 0 Å². The van der Waals surface area contributed by atoms with Gasteiger partial charge in [0.05, 0.1) is 12.1 Å². The number of hydrogen-bond acceptors (Lipinski definition) is 4. The van der Waals surface area contributed by atoms with Crippen LogP contribution in [0, 0.1) is 6.92 Å². The number of fused-ring (bicyclic) bond motifs is 1. The Kier molecular flexibility index (Phi) is 5.81. The molecule has 29 heavy (non-hydrogen) atoms. The average Bonchev–Trinajstić information content (AvgIpc) is 2.91. The normalized spacial score (nSPS) is 16.9. The second-order valence-corrected chi connectivity index (χ2v) is 7.61. The van der Waals surface area contributed by atoms with E-state index in [1.165, 1.54) is 0 Å². The molecule has 0 atom stereocenters. The topological polar surface area (TPSA) is 76.7 Å². The van der Waals surface area contributed by atoms with Crippen molar-refractivity contribution in [3.8, 4) is 5.75 Å². The van der Waals surface area contributed by atoms with Gasteiger partial charge in [-0.05, 0) is 67.1 Å². The summed E-state index contributed by atoms with van der Waals surface area (Å²) in [6.45, 7) is 4.42. The zero-order valence-electron chi connectivity index (χ0n) is 16.6. The summed E-state index contributed by atoms with van der Waals surface area (Å²) in [5, 5.41) is 5.93. The maximum atomic E-state index is 12.5. The summed E-state index contributed by atoms with van der Waals surface area (Å²) >= 11 is 0.